The van der Waals surface area contributed by atoms with E-state index in [1.807, 2.05) is 71.8 Å². The van der Waals surface area contributed by atoms with Crippen molar-refractivity contribution in [2.45, 2.75) is 12.1 Å². The highest BCUT2D eigenvalue weighted by molar-refractivity contribution is 6.09. The molecule has 0 amide bonds. The minimum atomic E-state index is -4.42. The molecule has 0 aliphatic heterocycles. The third-order valence-corrected chi connectivity index (χ3v) is 6.87. The van der Waals surface area contributed by atoms with E-state index in [1.54, 1.807) is 36.4 Å². The second-order valence-corrected chi connectivity index (χ2v) is 8.68. The van der Waals surface area contributed by atoms with Gasteiger partial charge in [0.15, 0.2) is 0 Å². The van der Waals surface area contributed by atoms with Crippen LogP contribution in [0.15, 0.2) is 84.9 Å². The van der Waals surface area contributed by atoms with Crippen LogP contribution in [0.25, 0.3) is 43.6 Å². The van der Waals surface area contributed by atoms with Crippen molar-refractivity contribution in [1.29, 1.82) is 0 Å². The van der Waals surface area contributed by atoms with E-state index in [0.29, 0.717) is 0 Å². The van der Waals surface area contributed by atoms with Crippen molar-refractivity contribution in [3.63, 3.8) is 0 Å². The summed E-state index contributed by atoms with van der Waals surface area (Å²) in [6, 6.07) is 25.9. The van der Waals surface area contributed by atoms with Gasteiger partial charge in [-0.3, -0.25) is 0 Å². The normalized spacial score (nSPS) is 12.7. The molecule has 0 unspecified atom stereocenters. The van der Waals surface area contributed by atoms with E-state index in [2.05, 4.69) is 0 Å². The number of fused-ring (bicyclic) bond motifs is 6. The molecule has 164 valence electrons. The SMILES string of the molecule is Cn1c2ccccc2c2cc(C(c3ccc4c(c3)c3ccccc3n4C)C(F)(F)F)ccc21. The van der Waals surface area contributed by atoms with E-state index in [-0.39, 0.29) is 11.1 Å². The number of alkyl halides is 3. The third kappa shape index (κ3) is 2.88. The van der Waals surface area contributed by atoms with Crippen LogP contribution in [-0.4, -0.2) is 15.3 Å². The lowest BCUT2D eigenvalue weighted by molar-refractivity contribution is -0.141. The Morgan fingerprint density at radius 3 is 1.36 bits per heavy atom. The van der Waals surface area contributed by atoms with Crippen LogP contribution < -0.4 is 0 Å². The maximum Gasteiger partial charge on any atom is 0.399 e. The number of benzene rings is 4. The lowest BCUT2D eigenvalue weighted by Crippen LogP contribution is -2.22. The highest BCUT2D eigenvalue weighted by atomic mass is 19.4. The molecule has 2 aromatic heterocycles. The van der Waals surface area contributed by atoms with E-state index in [1.165, 1.54) is 0 Å². The number of rotatable bonds is 2. The third-order valence-electron chi connectivity index (χ3n) is 6.87. The number of aryl methyl sites for hydroxylation is 2. The smallest absolute Gasteiger partial charge is 0.344 e. The van der Waals surface area contributed by atoms with Crippen molar-refractivity contribution in [3.05, 3.63) is 96.1 Å². The molecule has 0 saturated heterocycles. The Kier molecular flexibility index (Phi) is 4.15. The summed E-state index contributed by atoms with van der Waals surface area (Å²) < 4.78 is 47.6. The van der Waals surface area contributed by atoms with Crippen molar-refractivity contribution in [1.82, 2.24) is 9.13 Å². The van der Waals surface area contributed by atoms with E-state index >= 15 is 0 Å². The molecule has 6 rings (SSSR count). The summed E-state index contributed by atoms with van der Waals surface area (Å²) in [5, 5.41) is 3.60. The lowest BCUT2D eigenvalue weighted by atomic mass is 9.89. The molecule has 2 heterocycles. The first-order valence-corrected chi connectivity index (χ1v) is 10.9. The Morgan fingerprint density at radius 1 is 0.545 bits per heavy atom. The van der Waals surface area contributed by atoms with E-state index in [0.717, 1.165) is 43.6 Å². The fourth-order valence-electron chi connectivity index (χ4n) is 5.30. The van der Waals surface area contributed by atoms with Gasteiger partial charge in [-0.15, -0.1) is 0 Å². The lowest BCUT2D eigenvalue weighted by Gasteiger charge is -2.22. The average molecular weight is 442 g/mol. The molecular weight excluding hydrogens is 421 g/mol. The standard InChI is InChI=1S/C28H21F3N2/c1-32-23-9-5-3-7-19(23)21-15-17(11-13-25(21)32)27(28(29,30)31)18-12-14-26-22(16-18)20-8-4-6-10-24(20)33(26)2/h3-16,27H,1-2H3. The molecule has 0 N–H and O–H groups in total. The molecule has 0 aliphatic rings. The molecule has 0 saturated carbocycles. The fraction of sp³-hybridized carbons (Fsp3) is 0.143. The summed E-state index contributed by atoms with van der Waals surface area (Å²) >= 11 is 0. The van der Waals surface area contributed by atoms with Crippen LogP contribution in [0, 0.1) is 0 Å². The van der Waals surface area contributed by atoms with Gasteiger partial charge in [-0.05, 0) is 47.5 Å². The molecule has 2 nitrogen and oxygen atoms in total. The highest BCUT2D eigenvalue weighted by Gasteiger charge is 2.42. The number of hydrogen-bond donors (Lipinski definition) is 0. The molecule has 0 spiro atoms. The zero-order valence-corrected chi connectivity index (χ0v) is 18.2. The molecule has 0 aliphatic carbocycles. The minimum absolute atomic E-state index is 0.255. The van der Waals surface area contributed by atoms with Gasteiger partial charge < -0.3 is 9.13 Å². The zero-order valence-electron chi connectivity index (χ0n) is 18.2. The monoisotopic (exact) mass is 442 g/mol. The van der Waals surface area contributed by atoms with Crippen LogP contribution in [-0.2, 0) is 14.1 Å². The maximum atomic E-state index is 14.5. The number of aromatic nitrogens is 2. The quantitative estimate of drug-likeness (QED) is 0.260. The predicted octanol–water partition coefficient (Wildman–Crippen LogP) is 7.67. The average Bonchev–Trinajstić information content (AvgIpc) is 3.25. The van der Waals surface area contributed by atoms with Gasteiger partial charge in [0.1, 0.15) is 5.92 Å². The molecule has 33 heavy (non-hydrogen) atoms. The topological polar surface area (TPSA) is 9.86 Å². The summed E-state index contributed by atoms with van der Waals surface area (Å²) in [7, 11) is 3.89. The summed E-state index contributed by atoms with van der Waals surface area (Å²) in [4.78, 5) is 0. The van der Waals surface area contributed by atoms with Crippen LogP contribution in [0.3, 0.4) is 0 Å². The van der Waals surface area contributed by atoms with Gasteiger partial charge >= 0.3 is 6.18 Å². The largest absolute Gasteiger partial charge is 0.399 e. The number of nitrogens with zero attached hydrogens (tertiary/aromatic N) is 2. The molecule has 5 heteroatoms. The second-order valence-electron chi connectivity index (χ2n) is 8.68. The Hall–Kier alpha value is -3.73. The van der Waals surface area contributed by atoms with Crippen LogP contribution in [0.2, 0.25) is 0 Å². The first-order valence-electron chi connectivity index (χ1n) is 10.9. The van der Waals surface area contributed by atoms with E-state index < -0.39 is 12.1 Å². The molecule has 0 atom stereocenters. The van der Waals surface area contributed by atoms with Crippen LogP contribution in [0.4, 0.5) is 13.2 Å². The summed E-state index contributed by atoms with van der Waals surface area (Å²) in [5.74, 6) is -1.70. The van der Waals surface area contributed by atoms with Crippen LogP contribution in [0.5, 0.6) is 0 Å². The van der Waals surface area contributed by atoms with Crippen molar-refractivity contribution < 1.29 is 13.2 Å². The summed E-state index contributed by atoms with van der Waals surface area (Å²) in [6.07, 6.45) is -4.42. The number of halogens is 3. The van der Waals surface area contributed by atoms with Crippen molar-refractivity contribution in [2.75, 3.05) is 0 Å². The van der Waals surface area contributed by atoms with Gasteiger partial charge in [-0.2, -0.15) is 13.2 Å². The Morgan fingerprint density at radius 2 is 0.939 bits per heavy atom. The van der Waals surface area contributed by atoms with Gasteiger partial charge in [0.2, 0.25) is 0 Å². The van der Waals surface area contributed by atoms with Gasteiger partial charge in [0.05, 0.1) is 0 Å². The first kappa shape index (κ1) is 19.9. The van der Waals surface area contributed by atoms with Crippen molar-refractivity contribution >= 4 is 43.6 Å². The van der Waals surface area contributed by atoms with Crippen LogP contribution >= 0.6 is 0 Å². The molecular formula is C28H21F3N2. The van der Waals surface area contributed by atoms with Crippen molar-refractivity contribution in [2.24, 2.45) is 14.1 Å². The second kappa shape index (κ2) is 6.88. The Labute approximate surface area is 188 Å². The molecule has 4 aromatic carbocycles. The van der Waals surface area contributed by atoms with Gasteiger partial charge in [-0.25, -0.2) is 0 Å². The Bertz CT molecular complexity index is 1570. The summed E-state index contributed by atoms with van der Waals surface area (Å²) in [5.41, 5.74) is 4.36. The molecule has 0 bridgehead atoms. The number of para-hydroxylation sites is 2. The number of hydrogen-bond acceptors (Lipinski definition) is 0. The van der Waals surface area contributed by atoms with Crippen LogP contribution in [0.1, 0.15) is 17.0 Å². The van der Waals surface area contributed by atoms with E-state index in [9.17, 15) is 13.2 Å². The summed E-state index contributed by atoms with van der Waals surface area (Å²) in [6.45, 7) is 0. The Balaban J connectivity index is 1.60. The molecule has 0 radical (unpaired) electrons. The molecule has 6 aromatic rings. The molecule has 0 fully saturated rings. The van der Waals surface area contributed by atoms with Gasteiger partial charge in [-0.1, -0.05) is 48.5 Å². The zero-order chi connectivity index (χ0) is 22.9. The first-order chi connectivity index (χ1) is 15.8. The van der Waals surface area contributed by atoms with Crippen molar-refractivity contribution in [3.8, 4) is 0 Å². The van der Waals surface area contributed by atoms with Gasteiger partial charge in [0.25, 0.3) is 0 Å². The van der Waals surface area contributed by atoms with E-state index in [4.69, 9.17) is 0 Å². The minimum Gasteiger partial charge on any atom is -0.344 e. The highest BCUT2D eigenvalue weighted by Crippen LogP contribution is 2.43. The predicted molar refractivity (Wildman–Crippen MR) is 129 cm³/mol. The maximum absolute atomic E-state index is 14.5. The fourth-order valence-corrected chi connectivity index (χ4v) is 5.30. The van der Waals surface area contributed by atoms with Gasteiger partial charge in [0, 0.05) is 57.7 Å².